The van der Waals surface area contributed by atoms with Gasteiger partial charge in [0.1, 0.15) is 6.04 Å². The van der Waals surface area contributed by atoms with Crippen molar-refractivity contribution in [2.75, 3.05) is 6.61 Å². The number of aryl methyl sites for hydroxylation is 2. The number of nitrogens with zero attached hydrogens (tertiary/aromatic N) is 3. The quantitative estimate of drug-likeness (QED) is 0.709. The second-order valence-electron chi connectivity index (χ2n) is 4.69. The first-order valence-corrected chi connectivity index (χ1v) is 6.40. The zero-order valence-electron chi connectivity index (χ0n) is 11.7. The third-order valence-electron chi connectivity index (χ3n) is 3.11. The Labute approximate surface area is 120 Å². The summed E-state index contributed by atoms with van der Waals surface area (Å²) in [6, 6.07) is 0.637. The third-order valence-corrected chi connectivity index (χ3v) is 3.11. The van der Waals surface area contributed by atoms with Crippen LogP contribution in [0.5, 0.6) is 0 Å². The maximum absolute atomic E-state index is 12.2. The minimum atomic E-state index is -1.20. The van der Waals surface area contributed by atoms with Gasteiger partial charge in [0, 0.05) is 25.3 Å². The van der Waals surface area contributed by atoms with Crippen LogP contribution in [-0.2, 0) is 4.79 Å². The molecular formula is C13H16N4O4. The Morgan fingerprint density at radius 2 is 2.14 bits per heavy atom. The van der Waals surface area contributed by atoms with E-state index in [1.807, 2.05) is 6.92 Å². The summed E-state index contributed by atoms with van der Waals surface area (Å²) in [6.07, 6.45) is 1.33. The zero-order valence-corrected chi connectivity index (χ0v) is 11.7. The van der Waals surface area contributed by atoms with Crippen LogP contribution in [0.1, 0.15) is 28.2 Å². The van der Waals surface area contributed by atoms with Crippen LogP contribution in [0.3, 0.4) is 0 Å². The van der Waals surface area contributed by atoms with Gasteiger partial charge in [0.2, 0.25) is 0 Å². The summed E-state index contributed by atoms with van der Waals surface area (Å²) >= 11 is 0. The highest BCUT2D eigenvalue weighted by atomic mass is 16.4. The van der Waals surface area contributed by atoms with Crippen molar-refractivity contribution in [3.63, 3.8) is 0 Å². The van der Waals surface area contributed by atoms with Crippen molar-refractivity contribution >= 4 is 17.5 Å². The van der Waals surface area contributed by atoms with Gasteiger partial charge in [0.15, 0.2) is 5.65 Å². The second-order valence-corrected chi connectivity index (χ2v) is 4.69. The molecule has 21 heavy (non-hydrogen) atoms. The summed E-state index contributed by atoms with van der Waals surface area (Å²) < 4.78 is 1.53. The molecule has 1 atom stereocenters. The van der Waals surface area contributed by atoms with E-state index in [0.29, 0.717) is 11.3 Å². The summed E-state index contributed by atoms with van der Waals surface area (Å²) in [5.41, 5.74) is 2.20. The molecule has 0 fully saturated rings. The molecular weight excluding hydrogens is 276 g/mol. The van der Waals surface area contributed by atoms with Crippen LogP contribution < -0.4 is 5.32 Å². The van der Waals surface area contributed by atoms with Gasteiger partial charge in [-0.15, -0.1) is 0 Å². The number of rotatable bonds is 5. The van der Waals surface area contributed by atoms with Crippen LogP contribution >= 0.6 is 0 Å². The van der Waals surface area contributed by atoms with Gasteiger partial charge >= 0.3 is 5.97 Å². The van der Waals surface area contributed by atoms with E-state index < -0.39 is 17.9 Å². The molecule has 0 aliphatic rings. The fourth-order valence-electron chi connectivity index (χ4n) is 2.01. The minimum Gasteiger partial charge on any atom is -0.480 e. The normalized spacial score (nSPS) is 12.3. The Balaban J connectivity index is 2.30. The first kappa shape index (κ1) is 14.9. The van der Waals surface area contributed by atoms with Gasteiger partial charge in [-0.25, -0.2) is 14.3 Å². The molecule has 0 radical (unpaired) electrons. The summed E-state index contributed by atoms with van der Waals surface area (Å²) in [7, 11) is 0. The van der Waals surface area contributed by atoms with Crippen molar-refractivity contribution in [1.29, 1.82) is 0 Å². The minimum absolute atomic E-state index is 0.0589. The molecule has 0 saturated carbocycles. The number of hydrogen-bond acceptors (Lipinski definition) is 5. The highest BCUT2D eigenvalue weighted by Crippen LogP contribution is 2.11. The first-order chi connectivity index (χ1) is 9.93. The van der Waals surface area contributed by atoms with E-state index in [4.69, 9.17) is 10.2 Å². The molecule has 0 saturated heterocycles. The first-order valence-electron chi connectivity index (χ1n) is 6.40. The number of aliphatic hydroxyl groups is 1. The highest BCUT2D eigenvalue weighted by Gasteiger charge is 2.22. The molecule has 2 aromatic rings. The van der Waals surface area contributed by atoms with E-state index >= 15 is 0 Å². The number of amides is 1. The lowest BCUT2D eigenvalue weighted by atomic mass is 10.1. The van der Waals surface area contributed by atoms with E-state index in [0.717, 1.165) is 5.69 Å². The van der Waals surface area contributed by atoms with Crippen LogP contribution in [0.2, 0.25) is 0 Å². The van der Waals surface area contributed by atoms with Crippen LogP contribution in [0.25, 0.3) is 5.65 Å². The third kappa shape index (κ3) is 3.00. The highest BCUT2D eigenvalue weighted by molar-refractivity contribution is 5.97. The van der Waals surface area contributed by atoms with Gasteiger partial charge in [-0.2, -0.15) is 5.10 Å². The van der Waals surface area contributed by atoms with Crippen LogP contribution in [0, 0.1) is 13.8 Å². The van der Waals surface area contributed by atoms with Crippen LogP contribution in [0.15, 0.2) is 12.3 Å². The van der Waals surface area contributed by atoms with Crippen molar-refractivity contribution in [2.24, 2.45) is 0 Å². The molecule has 0 aliphatic heterocycles. The van der Waals surface area contributed by atoms with Gasteiger partial charge in [-0.1, -0.05) is 0 Å². The van der Waals surface area contributed by atoms with Crippen molar-refractivity contribution in [3.8, 4) is 0 Å². The zero-order chi connectivity index (χ0) is 15.6. The average Bonchev–Trinajstić information content (AvgIpc) is 2.80. The molecule has 0 bridgehead atoms. The Morgan fingerprint density at radius 3 is 2.76 bits per heavy atom. The lowest BCUT2D eigenvalue weighted by Crippen LogP contribution is -2.41. The van der Waals surface area contributed by atoms with Crippen LogP contribution in [-0.4, -0.2) is 49.3 Å². The molecule has 0 spiro atoms. The Morgan fingerprint density at radius 1 is 1.43 bits per heavy atom. The molecule has 3 N–H and O–H groups in total. The number of aromatic nitrogens is 3. The number of hydrogen-bond donors (Lipinski definition) is 3. The second kappa shape index (κ2) is 5.88. The molecule has 8 heteroatoms. The van der Waals surface area contributed by atoms with Gasteiger partial charge in [0.05, 0.1) is 17.0 Å². The molecule has 2 aromatic heterocycles. The Bertz CT molecular complexity index is 695. The van der Waals surface area contributed by atoms with Crippen molar-refractivity contribution < 1.29 is 19.8 Å². The van der Waals surface area contributed by atoms with Crippen molar-refractivity contribution in [2.45, 2.75) is 26.3 Å². The number of fused-ring (bicyclic) bond motifs is 1. The fraction of sp³-hybridized carbons (Fsp3) is 0.385. The molecule has 112 valence electrons. The number of aliphatic carboxylic acids is 1. The van der Waals surface area contributed by atoms with Crippen molar-refractivity contribution in [1.82, 2.24) is 19.9 Å². The molecule has 2 heterocycles. The number of carboxylic acid groups (broad SMARTS) is 1. The molecule has 2 rings (SSSR count). The largest absolute Gasteiger partial charge is 0.480 e. The number of carbonyl (C=O) groups excluding carboxylic acids is 1. The van der Waals surface area contributed by atoms with E-state index in [9.17, 15) is 9.59 Å². The lowest BCUT2D eigenvalue weighted by molar-refractivity contribution is -0.139. The SMILES string of the molecule is Cc1cc2ncc(C(=O)NC(CCO)C(=O)O)c(C)n2n1. The maximum Gasteiger partial charge on any atom is 0.326 e. The van der Waals surface area contributed by atoms with Gasteiger partial charge in [0.25, 0.3) is 5.91 Å². The Hall–Kier alpha value is -2.48. The smallest absolute Gasteiger partial charge is 0.326 e. The topological polar surface area (TPSA) is 117 Å². The number of aliphatic hydroxyl groups excluding tert-OH is 1. The van der Waals surface area contributed by atoms with Gasteiger partial charge < -0.3 is 15.5 Å². The predicted molar refractivity (Wildman–Crippen MR) is 73.1 cm³/mol. The predicted octanol–water partition coefficient (Wildman–Crippen LogP) is -0.0885. The van der Waals surface area contributed by atoms with Crippen molar-refractivity contribution in [3.05, 3.63) is 29.2 Å². The van der Waals surface area contributed by atoms with E-state index in [-0.39, 0.29) is 18.6 Å². The monoisotopic (exact) mass is 292 g/mol. The summed E-state index contributed by atoms with van der Waals surface area (Å²) in [5, 5.41) is 24.4. The van der Waals surface area contributed by atoms with Gasteiger partial charge in [-0.05, 0) is 13.8 Å². The molecule has 0 aromatic carbocycles. The van der Waals surface area contributed by atoms with Crippen LogP contribution in [0.4, 0.5) is 0 Å². The number of nitrogens with one attached hydrogen (secondary N) is 1. The average molecular weight is 292 g/mol. The molecule has 1 amide bonds. The van der Waals surface area contributed by atoms with E-state index in [2.05, 4.69) is 15.4 Å². The summed E-state index contributed by atoms with van der Waals surface area (Å²) in [5.74, 6) is -1.75. The van der Waals surface area contributed by atoms with E-state index in [1.54, 1.807) is 13.0 Å². The fourth-order valence-corrected chi connectivity index (χ4v) is 2.01. The maximum atomic E-state index is 12.2. The van der Waals surface area contributed by atoms with Gasteiger partial charge in [-0.3, -0.25) is 4.79 Å². The van der Waals surface area contributed by atoms with E-state index in [1.165, 1.54) is 10.7 Å². The molecule has 1 unspecified atom stereocenters. The number of carbonyl (C=O) groups is 2. The number of carboxylic acids is 1. The molecule has 0 aliphatic carbocycles. The standard InChI is InChI=1S/C13H16N4O4/c1-7-5-11-14-6-9(8(2)17(11)16-7)12(19)15-10(3-4-18)13(20)21/h5-6,10,18H,3-4H2,1-2H3,(H,15,19)(H,20,21). The Kier molecular flexibility index (Phi) is 4.18. The summed E-state index contributed by atoms with van der Waals surface area (Å²) in [4.78, 5) is 27.3. The summed E-state index contributed by atoms with van der Waals surface area (Å²) in [6.45, 7) is 3.19. The molecule has 8 nitrogen and oxygen atoms in total. The lowest BCUT2D eigenvalue weighted by Gasteiger charge is -2.14.